The topological polar surface area (TPSA) is 76.2 Å². The molecule has 0 radical (unpaired) electrons. The highest BCUT2D eigenvalue weighted by atomic mass is 16.2. The van der Waals surface area contributed by atoms with Crippen molar-refractivity contribution in [2.24, 2.45) is 0 Å². The molecule has 1 unspecified atom stereocenters. The van der Waals surface area contributed by atoms with Gasteiger partial charge in [0.15, 0.2) is 0 Å². The first-order chi connectivity index (χ1) is 12.0. The molecule has 132 valence electrons. The van der Waals surface area contributed by atoms with Crippen molar-refractivity contribution in [3.63, 3.8) is 0 Å². The average molecular weight is 340 g/mol. The fraction of sp³-hybridized carbons (Fsp3) is 0.389. The molecule has 7 heteroatoms. The lowest BCUT2D eigenvalue weighted by atomic mass is 10.1. The van der Waals surface area contributed by atoms with Crippen molar-refractivity contribution < 1.29 is 4.79 Å². The Balaban J connectivity index is 1.81. The summed E-state index contributed by atoms with van der Waals surface area (Å²) in [5, 5.41) is 5.91. The molecule has 1 atom stereocenters. The first-order valence-corrected chi connectivity index (χ1v) is 8.56. The molecule has 2 amide bonds. The SMILES string of the molecule is CCn1ccnc1C(C)NC(=O)Nc1c(C(C)C)nc2ccccn12. The molecular weight excluding hydrogens is 316 g/mol. The molecule has 2 N–H and O–H groups in total. The molecule has 25 heavy (non-hydrogen) atoms. The second-order valence-electron chi connectivity index (χ2n) is 6.32. The molecule has 0 spiro atoms. The van der Waals surface area contributed by atoms with Gasteiger partial charge in [-0.1, -0.05) is 19.9 Å². The molecule has 0 saturated carbocycles. The van der Waals surface area contributed by atoms with Gasteiger partial charge in [-0.05, 0) is 31.9 Å². The zero-order valence-corrected chi connectivity index (χ0v) is 15.0. The highest BCUT2D eigenvalue weighted by Crippen LogP contribution is 2.25. The van der Waals surface area contributed by atoms with Crippen molar-refractivity contribution in [2.45, 2.75) is 46.2 Å². The second kappa shape index (κ2) is 6.96. The van der Waals surface area contributed by atoms with Gasteiger partial charge in [0.25, 0.3) is 0 Å². The number of amides is 2. The maximum atomic E-state index is 12.5. The normalized spacial score (nSPS) is 12.5. The van der Waals surface area contributed by atoms with E-state index in [2.05, 4.69) is 34.4 Å². The van der Waals surface area contributed by atoms with Gasteiger partial charge >= 0.3 is 6.03 Å². The zero-order valence-electron chi connectivity index (χ0n) is 15.0. The number of nitrogens with zero attached hydrogens (tertiary/aromatic N) is 4. The fourth-order valence-corrected chi connectivity index (χ4v) is 2.91. The predicted octanol–water partition coefficient (Wildman–Crippen LogP) is 3.56. The molecule has 3 heterocycles. The quantitative estimate of drug-likeness (QED) is 0.745. The number of nitrogens with one attached hydrogen (secondary N) is 2. The van der Waals surface area contributed by atoms with Crippen molar-refractivity contribution >= 4 is 17.5 Å². The van der Waals surface area contributed by atoms with E-state index in [-0.39, 0.29) is 18.0 Å². The van der Waals surface area contributed by atoms with Gasteiger partial charge in [-0.2, -0.15) is 0 Å². The molecule has 0 saturated heterocycles. The van der Waals surface area contributed by atoms with Crippen LogP contribution < -0.4 is 10.6 Å². The lowest BCUT2D eigenvalue weighted by molar-refractivity contribution is 0.248. The van der Waals surface area contributed by atoms with Gasteiger partial charge in [-0.15, -0.1) is 0 Å². The van der Waals surface area contributed by atoms with E-state index in [0.717, 1.165) is 23.7 Å². The van der Waals surface area contributed by atoms with Gasteiger partial charge in [0.2, 0.25) is 0 Å². The van der Waals surface area contributed by atoms with Gasteiger partial charge in [0.05, 0.1) is 11.7 Å². The maximum absolute atomic E-state index is 12.5. The number of fused-ring (bicyclic) bond motifs is 1. The van der Waals surface area contributed by atoms with E-state index in [1.165, 1.54) is 0 Å². The Hall–Kier alpha value is -2.83. The number of hydrogen-bond acceptors (Lipinski definition) is 3. The van der Waals surface area contributed by atoms with Crippen LogP contribution in [0.5, 0.6) is 0 Å². The van der Waals surface area contributed by atoms with Crippen LogP contribution in [0, 0.1) is 0 Å². The van der Waals surface area contributed by atoms with Crippen molar-refractivity contribution in [1.82, 2.24) is 24.3 Å². The van der Waals surface area contributed by atoms with Gasteiger partial charge in [-0.3, -0.25) is 9.72 Å². The predicted molar refractivity (Wildman–Crippen MR) is 97.8 cm³/mol. The fourth-order valence-electron chi connectivity index (χ4n) is 2.91. The first kappa shape index (κ1) is 17.0. The Morgan fingerprint density at radius 3 is 2.76 bits per heavy atom. The van der Waals surface area contributed by atoms with Gasteiger partial charge < -0.3 is 9.88 Å². The molecule has 0 aromatic carbocycles. The second-order valence-corrected chi connectivity index (χ2v) is 6.32. The minimum absolute atomic E-state index is 0.198. The molecule has 0 bridgehead atoms. The smallest absolute Gasteiger partial charge is 0.320 e. The Bertz CT molecular complexity index is 879. The lowest BCUT2D eigenvalue weighted by Gasteiger charge is -2.16. The minimum atomic E-state index is -0.272. The Labute approximate surface area is 147 Å². The highest BCUT2D eigenvalue weighted by molar-refractivity contribution is 5.90. The van der Waals surface area contributed by atoms with E-state index in [9.17, 15) is 4.79 Å². The number of aryl methyl sites for hydroxylation is 1. The first-order valence-electron chi connectivity index (χ1n) is 8.56. The van der Waals surface area contributed by atoms with Crippen LogP contribution >= 0.6 is 0 Å². The van der Waals surface area contributed by atoms with Crippen LogP contribution in [-0.2, 0) is 6.54 Å². The molecule has 7 nitrogen and oxygen atoms in total. The van der Waals surface area contributed by atoms with Crippen LogP contribution in [0.2, 0.25) is 0 Å². The van der Waals surface area contributed by atoms with Crippen LogP contribution in [-0.4, -0.2) is 25.0 Å². The summed E-state index contributed by atoms with van der Waals surface area (Å²) in [7, 11) is 0. The number of pyridine rings is 1. The van der Waals surface area contributed by atoms with E-state index in [1.54, 1.807) is 6.20 Å². The summed E-state index contributed by atoms with van der Waals surface area (Å²) in [6, 6.07) is 5.31. The van der Waals surface area contributed by atoms with Gasteiger partial charge in [0.1, 0.15) is 17.3 Å². The summed E-state index contributed by atoms with van der Waals surface area (Å²) >= 11 is 0. The van der Waals surface area contributed by atoms with Crippen molar-refractivity contribution in [3.8, 4) is 0 Å². The highest BCUT2D eigenvalue weighted by Gasteiger charge is 2.19. The molecular formula is C18H24N6O. The molecule has 0 aliphatic rings. The van der Waals surface area contributed by atoms with Crippen molar-refractivity contribution in [2.75, 3.05) is 5.32 Å². The van der Waals surface area contributed by atoms with E-state index in [1.807, 2.05) is 53.4 Å². The molecule has 0 aliphatic carbocycles. The summed E-state index contributed by atoms with van der Waals surface area (Å²) in [4.78, 5) is 21.5. The number of imidazole rings is 2. The third-order valence-electron chi connectivity index (χ3n) is 4.16. The summed E-state index contributed by atoms with van der Waals surface area (Å²) in [5.41, 5.74) is 1.68. The molecule has 3 aromatic rings. The third-order valence-corrected chi connectivity index (χ3v) is 4.16. The lowest BCUT2D eigenvalue weighted by Crippen LogP contribution is -2.33. The van der Waals surface area contributed by atoms with E-state index in [4.69, 9.17) is 0 Å². The van der Waals surface area contributed by atoms with Gasteiger partial charge in [0, 0.05) is 25.1 Å². The van der Waals surface area contributed by atoms with Crippen LogP contribution in [0.25, 0.3) is 5.65 Å². The summed E-state index contributed by atoms with van der Waals surface area (Å²) in [6.45, 7) is 8.90. The largest absolute Gasteiger partial charge is 0.333 e. The average Bonchev–Trinajstić information content (AvgIpc) is 3.19. The monoisotopic (exact) mass is 340 g/mol. The number of anilines is 1. The van der Waals surface area contributed by atoms with Crippen molar-refractivity contribution in [1.29, 1.82) is 0 Å². The number of rotatable bonds is 5. The summed E-state index contributed by atoms with van der Waals surface area (Å²) < 4.78 is 3.91. The van der Waals surface area contributed by atoms with Gasteiger partial charge in [-0.25, -0.2) is 14.8 Å². The van der Waals surface area contributed by atoms with Crippen LogP contribution in [0.15, 0.2) is 36.8 Å². The van der Waals surface area contributed by atoms with Crippen molar-refractivity contribution in [3.05, 3.63) is 48.3 Å². The molecule has 3 rings (SSSR count). The Morgan fingerprint density at radius 2 is 2.04 bits per heavy atom. The van der Waals surface area contributed by atoms with E-state index >= 15 is 0 Å². The number of aromatic nitrogens is 4. The molecule has 0 aliphatic heterocycles. The summed E-state index contributed by atoms with van der Waals surface area (Å²) in [6.07, 6.45) is 5.56. The van der Waals surface area contributed by atoms with Crippen LogP contribution in [0.4, 0.5) is 10.6 Å². The summed E-state index contributed by atoms with van der Waals surface area (Å²) in [5.74, 6) is 1.74. The minimum Gasteiger partial charge on any atom is -0.333 e. The Kier molecular flexibility index (Phi) is 4.74. The zero-order chi connectivity index (χ0) is 18.0. The molecule has 0 fully saturated rings. The van der Waals surface area contributed by atoms with Crippen LogP contribution in [0.1, 0.15) is 51.2 Å². The maximum Gasteiger partial charge on any atom is 0.320 e. The number of carbonyl (C=O) groups is 1. The van der Waals surface area contributed by atoms with E-state index < -0.39 is 0 Å². The number of urea groups is 1. The number of carbonyl (C=O) groups excluding carboxylic acids is 1. The van der Waals surface area contributed by atoms with Crippen LogP contribution in [0.3, 0.4) is 0 Å². The third kappa shape index (κ3) is 3.35. The van der Waals surface area contributed by atoms with E-state index in [0.29, 0.717) is 5.82 Å². The number of hydrogen-bond donors (Lipinski definition) is 2. The molecule has 3 aromatic heterocycles. The Morgan fingerprint density at radius 1 is 1.24 bits per heavy atom. The standard InChI is InChI=1S/C18H24N6O/c1-5-23-11-9-19-16(23)13(4)20-18(25)22-17-15(12(2)3)21-14-8-6-7-10-24(14)17/h6-13H,5H2,1-4H3,(H2,20,22,25).